The van der Waals surface area contributed by atoms with E-state index in [1.807, 2.05) is 0 Å². The van der Waals surface area contributed by atoms with Gasteiger partial charge in [-0.1, -0.05) is 23.5 Å². The first-order valence-corrected chi connectivity index (χ1v) is 11.2. The summed E-state index contributed by atoms with van der Waals surface area (Å²) in [5.74, 6) is 1.17. The zero-order valence-corrected chi connectivity index (χ0v) is 15.6. The molecular formula is C15H19N3O3S3. The largest absolute Gasteiger partial charge is 0.325 e. The molecule has 0 radical (unpaired) electrons. The molecule has 0 spiro atoms. The second-order valence-corrected chi connectivity index (χ2v) is 9.71. The molecule has 1 saturated heterocycles. The lowest BCUT2D eigenvalue weighted by molar-refractivity contribution is -0.113. The number of hydrogen-bond donors (Lipinski definition) is 1. The molecule has 3 rings (SSSR count). The van der Waals surface area contributed by atoms with Crippen LogP contribution in [0, 0.1) is 0 Å². The van der Waals surface area contributed by atoms with E-state index in [-0.39, 0.29) is 10.8 Å². The number of anilines is 1. The minimum Gasteiger partial charge on any atom is -0.325 e. The van der Waals surface area contributed by atoms with Crippen LogP contribution in [0.4, 0.5) is 5.69 Å². The third kappa shape index (κ3) is 4.33. The van der Waals surface area contributed by atoms with Gasteiger partial charge in [-0.25, -0.2) is 8.42 Å². The highest BCUT2D eigenvalue weighted by Gasteiger charge is 2.26. The summed E-state index contributed by atoms with van der Waals surface area (Å²) >= 11 is 3.10. The van der Waals surface area contributed by atoms with Crippen molar-refractivity contribution in [3.8, 4) is 0 Å². The van der Waals surface area contributed by atoms with Crippen molar-refractivity contribution in [3.63, 3.8) is 0 Å². The SMILES string of the molecule is O=C(CSC1=NCCS1)Nc1ccc(S(=O)(=O)N2CCCC2)cc1. The summed E-state index contributed by atoms with van der Waals surface area (Å²) in [4.78, 5) is 16.5. The smallest absolute Gasteiger partial charge is 0.243 e. The van der Waals surface area contributed by atoms with Gasteiger partial charge >= 0.3 is 0 Å². The second kappa shape index (κ2) is 7.90. The standard InChI is InChI=1S/C15H19N3O3S3/c19-14(11-23-15-16-7-10-22-15)17-12-3-5-13(6-4-12)24(20,21)18-8-1-2-9-18/h3-6H,1-2,7-11H2,(H,17,19). The molecule has 24 heavy (non-hydrogen) atoms. The normalized spacial score (nSPS) is 18.6. The van der Waals surface area contributed by atoms with Crippen molar-refractivity contribution in [2.75, 3.05) is 36.5 Å². The van der Waals surface area contributed by atoms with Gasteiger partial charge < -0.3 is 5.32 Å². The Morgan fingerprint density at radius 2 is 1.96 bits per heavy atom. The van der Waals surface area contributed by atoms with Crippen molar-refractivity contribution in [2.24, 2.45) is 4.99 Å². The van der Waals surface area contributed by atoms with Crippen LogP contribution in [-0.4, -0.2) is 54.1 Å². The minimum absolute atomic E-state index is 0.120. The van der Waals surface area contributed by atoms with Crippen LogP contribution < -0.4 is 5.32 Å². The number of thioether (sulfide) groups is 2. The van der Waals surface area contributed by atoms with Crippen LogP contribution in [0.1, 0.15) is 12.8 Å². The number of nitrogens with one attached hydrogen (secondary N) is 1. The van der Waals surface area contributed by atoms with Crippen LogP contribution in [-0.2, 0) is 14.8 Å². The van der Waals surface area contributed by atoms with E-state index in [1.165, 1.54) is 16.1 Å². The average Bonchev–Trinajstić information content (AvgIpc) is 3.27. The van der Waals surface area contributed by atoms with Crippen LogP contribution in [0.3, 0.4) is 0 Å². The van der Waals surface area contributed by atoms with E-state index >= 15 is 0 Å². The molecule has 0 saturated carbocycles. The molecule has 1 N–H and O–H groups in total. The molecule has 0 bridgehead atoms. The molecule has 130 valence electrons. The molecule has 2 aliphatic rings. The van der Waals surface area contributed by atoms with E-state index in [1.54, 1.807) is 36.0 Å². The predicted molar refractivity (Wildman–Crippen MR) is 100 cm³/mol. The van der Waals surface area contributed by atoms with Crippen LogP contribution in [0.5, 0.6) is 0 Å². The van der Waals surface area contributed by atoms with Gasteiger partial charge in [-0.15, -0.1) is 0 Å². The summed E-state index contributed by atoms with van der Waals surface area (Å²) in [6.07, 6.45) is 1.82. The molecule has 0 atom stereocenters. The Bertz CT molecular complexity index is 726. The zero-order valence-electron chi connectivity index (χ0n) is 13.1. The minimum atomic E-state index is -3.41. The predicted octanol–water partition coefficient (Wildman–Crippen LogP) is 2.25. The van der Waals surface area contributed by atoms with Crippen LogP contribution in [0.15, 0.2) is 34.2 Å². The van der Waals surface area contributed by atoms with E-state index in [4.69, 9.17) is 0 Å². The summed E-state index contributed by atoms with van der Waals surface area (Å²) in [5, 5.41) is 2.78. The van der Waals surface area contributed by atoms with Crippen molar-refractivity contribution < 1.29 is 13.2 Å². The molecule has 1 aromatic rings. The average molecular weight is 386 g/mol. The van der Waals surface area contributed by atoms with Crippen LogP contribution >= 0.6 is 23.5 Å². The molecule has 1 fully saturated rings. The summed E-state index contributed by atoms with van der Waals surface area (Å²) < 4.78 is 27.3. The Morgan fingerprint density at radius 1 is 1.25 bits per heavy atom. The van der Waals surface area contributed by atoms with Gasteiger partial charge in [0, 0.05) is 24.5 Å². The number of carbonyl (C=O) groups excluding carboxylic acids is 1. The molecule has 1 amide bonds. The zero-order chi connectivity index (χ0) is 17.0. The fraction of sp³-hybridized carbons (Fsp3) is 0.467. The number of rotatable bonds is 5. The van der Waals surface area contributed by atoms with E-state index < -0.39 is 10.0 Å². The topological polar surface area (TPSA) is 78.8 Å². The third-order valence-electron chi connectivity index (χ3n) is 3.73. The lowest BCUT2D eigenvalue weighted by atomic mass is 10.3. The first kappa shape index (κ1) is 17.8. The Labute approximate surface area is 150 Å². The van der Waals surface area contributed by atoms with Crippen LogP contribution in [0.25, 0.3) is 0 Å². The summed E-state index contributed by atoms with van der Waals surface area (Å²) in [6, 6.07) is 6.36. The Kier molecular flexibility index (Phi) is 5.85. The number of aliphatic imine (C=N–C) groups is 1. The quantitative estimate of drug-likeness (QED) is 0.841. The maximum Gasteiger partial charge on any atom is 0.243 e. The third-order valence-corrected chi connectivity index (χ3v) is 7.89. The van der Waals surface area contributed by atoms with Crippen LogP contribution in [0.2, 0.25) is 0 Å². The molecule has 2 heterocycles. The van der Waals surface area contributed by atoms with Gasteiger partial charge in [0.1, 0.15) is 4.38 Å². The van der Waals surface area contributed by atoms with Crippen molar-refractivity contribution in [1.29, 1.82) is 0 Å². The van der Waals surface area contributed by atoms with E-state index in [2.05, 4.69) is 10.3 Å². The molecule has 1 aromatic carbocycles. The molecule has 9 heteroatoms. The Balaban J connectivity index is 1.56. The molecule has 6 nitrogen and oxygen atoms in total. The maximum absolute atomic E-state index is 12.4. The molecular weight excluding hydrogens is 366 g/mol. The van der Waals surface area contributed by atoms with E-state index in [9.17, 15) is 13.2 Å². The molecule has 2 aliphatic heterocycles. The summed E-state index contributed by atoms with van der Waals surface area (Å²) in [7, 11) is -3.41. The molecule has 0 unspecified atom stereocenters. The Morgan fingerprint density at radius 3 is 2.58 bits per heavy atom. The van der Waals surface area contributed by atoms with Crippen molar-refractivity contribution in [1.82, 2.24) is 4.31 Å². The maximum atomic E-state index is 12.4. The van der Waals surface area contributed by atoms with Gasteiger partial charge in [-0.2, -0.15) is 4.31 Å². The number of nitrogens with zero attached hydrogens (tertiary/aromatic N) is 2. The lowest BCUT2D eigenvalue weighted by Gasteiger charge is -2.15. The number of carbonyl (C=O) groups is 1. The van der Waals surface area contributed by atoms with E-state index in [0.29, 0.717) is 24.5 Å². The summed E-state index contributed by atoms with van der Waals surface area (Å²) in [6.45, 7) is 1.99. The Hall–Kier alpha value is -1.03. The van der Waals surface area contributed by atoms with Gasteiger partial charge in [0.15, 0.2) is 0 Å². The fourth-order valence-electron chi connectivity index (χ4n) is 2.51. The van der Waals surface area contributed by atoms with Gasteiger partial charge in [0.05, 0.1) is 17.2 Å². The van der Waals surface area contributed by atoms with Gasteiger partial charge in [0.2, 0.25) is 15.9 Å². The van der Waals surface area contributed by atoms with Gasteiger partial charge in [-0.3, -0.25) is 9.79 Å². The monoisotopic (exact) mass is 385 g/mol. The van der Waals surface area contributed by atoms with Crippen molar-refractivity contribution in [2.45, 2.75) is 17.7 Å². The number of amides is 1. The van der Waals surface area contributed by atoms with Gasteiger partial charge in [0.25, 0.3) is 0 Å². The number of hydrogen-bond acceptors (Lipinski definition) is 6. The first-order chi connectivity index (χ1) is 11.6. The second-order valence-electron chi connectivity index (χ2n) is 5.47. The lowest BCUT2D eigenvalue weighted by Crippen LogP contribution is -2.27. The number of sulfonamides is 1. The van der Waals surface area contributed by atoms with Crippen molar-refractivity contribution >= 4 is 49.5 Å². The highest BCUT2D eigenvalue weighted by atomic mass is 32.2. The summed E-state index contributed by atoms with van der Waals surface area (Å²) in [5.41, 5.74) is 0.599. The van der Waals surface area contributed by atoms with E-state index in [0.717, 1.165) is 29.5 Å². The molecule has 0 aromatic heterocycles. The van der Waals surface area contributed by atoms with Gasteiger partial charge in [-0.05, 0) is 37.1 Å². The first-order valence-electron chi connectivity index (χ1n) is 7.76. The highest BCUT2D eigenvalue weighted by molar-refractivity contribution is 8.39. The number of benzene rings is 1. The highest BCUT2D eigenvalue weighted by Crippen LogP contribution is 2.23. The van der Waals surface area contributed by atoms with Crippen molar-refractivity contribution in [3.05, 3.63) is 24.3 Å². The fourth-order valence-corrected chi connectivity index (χ4v) is 5.84. The molecule has 0 aliphatic carbocycles.